The minimum Gasteiger partial charge on any atom is -0.357 e. The van der Waals surface area contributed by atoms with E-state index in [0.29, 0.717) is 18.6 Å². The van der Waals surface area contributed by atoms with Crippen LogP contribution >= 0.6 is 0 Å². The van der Waals surface area contributed by atoms with Crippen molar-refractivity contribution in [3.63, 3.8) is 0 Å². The van der Waals surface area contributed by atoms with Gasteiger partial charge in [0.2, 0.25) is 10.0 Å². The van der Waals surface area contributed by atoms with E-state index in [-0.39, 0.29) is 4.90 Å². The number of benzene rings is 1. The van der Waals surface area contributed by atoms with E-state index in [1.807, 2.05) is 0 Å². The van der Waals surface area contributed by atoms with Gasteiger partial charge in [-0.15, -0.1) is 0 Å². The fourth-order valence-corrected chi connectivity index (χ4v) is 3.87. The summed E-state index contributed by atoms with van der Waals surface area (Å²) in [7, 11) is -1.99. The van der Waals surface area contributed by atoms with Gasteiger partial charge in [0.1, 0.15) is 0 Å². The highest BCUT2D eigenvalue weighted by molar-refractivity contribution is 7.89. The predicted molar refractivity (Wildman–Crippen MR) is 110 cm³/mol. The number of nitrogens with one attached hydrogen (secondary N) is 3. The number of likely N-dealkylation sites (tertiary alicyclic amines) is 1. The molecule has 1 aromatic rings. The average Bonchev–Trinajstić information content (AvgIpc) is 2.67. The normalized spacial score (nSPS) is 17.3. The minimum absolute atomic E-state index is 0.264. The molecule has 3 N–H and O–H groups in total. The first-order chi connectivity index (χ1) is 12.9. The second kappa shape index (κ2) is 10.1. The van der Waals surface area contributed by atoms with Gasteiger partial charge in [0.15, 0.2) is 5.96 Å². The summed E-state index contributed by atoms with van der Waals surface area (Å²) in [4.78, 5) is 7.43. The Labute approximate surface area is 163 Å². The molecular formula is C19H33N5O2S. The first-order valence-corrected chi connectivity index (χ1v) is 11.2. The van der Waals surface area contributed by atoms with Gasteiger partial charge in [0.25, 0.3) is 0 Å². The number of guanidine groups is 1. The number of hydrogen-bond acceptors (Lipinski definition) is 4. The Bertz CT molecular complexity index is 708. The summed E-state index contributed by atoms with van der Waals surface area (Å²) in [6.07, 6.45) is 2.22. The number of hydrogen-bond donors (Lipinski definition) is 3. The van der Waals surface area contributed by atoms with E-state index in [0.717, 1.165) is 44.0 Å². The van der Waals surface area contributed by atoms with Gasteiger partial charge in [-0.25, -0.2) is 18.1 Å². The van der Waals surface area contributed by atoms with E-state index < -0.39 is 10.0 Å². The van der Waals surface area contributed by atoms with Crippen molar-refractivity contribution in [1.29, 1.82) is 0 Å². The molecule has 152 valence electrons. The molecule has 0 aliphatic carbocycles. The number of nitrogens with zero attached hydrogens (tertiary/aromatic N) is 2. The Morgan fingerprint density at radius 1 is 1.22 bits per heavy atom. The van der Waals surface area contributed by atoms with Crippen molar-refractivity contribution in [3.05, 3.63) is 29.8 Å². The van der Waals surface area contributed by atoms with Gasteiger partial charge in [0.05, 0.1) is 11.4 Å². The van der Waals surface area contributed by atoms with Crippen molar-refractivity contribution in [2.24, 2.45) is 4.99 Å². The molecule has 1 heterocycles. The van der Waals surface area contributed by atoms with E-state index in [1.165, 1.54) is 7.05 Å². The lowest BCUT2D eigenvalue weighted by atomic mass is 10.0. The highest BCUT2D eigenvalue weighted by atomic mass is 32.2. The number of aliphatic imine (C=N–C) groups is 1. The zero-order chi connectivity index (χ0) is 19.9. The van der Waals surface area contributed by atoms with Crippen molar-refractivity contribution >= 4 is 16.0 Å². The molecule has 8 heteroatoms. The molecule has 1 aliphatic rings. The number of piperidine rings is 1. The molecule has 1 aliphatic heterocycles. The highest BCUT2D eigenvalue weighted by Gasteiger charge is 2.21. The van der Waals surface area contributed by atoms with Crippen LogP contribution in [-0.2, 0) is 16.6 Å². The molecule has 0 aromatic heterocycles. The molecule has 1 fully saturated rings. The zero-order valence-corrected chi connectivity index (χ0v) is 17.6. The summed E-state index contributed by atoms with van der Waals surface area (Å²) in [6.45, 7) is 10.1. The van der Waals surface area contributed by atoms with Crippen molar-refractivity contribution in [2.45, 2.75) is 57.1 Å². The maximum absolute atomic E-state index is 11.8. The van der Waals surface area contributed by atoms with Crippen LogP contribution in [0, 0.1) is 0 Å². The lowest BCUT2D eigenvalue weighted by Gasteiger charge is -2.35. The van der Waals surface area contributed by atoms with Gasteiger partial charge >= 0.3 is 0 Å². The highest BCUT2D eigenvalue weighted by Crippen LogP contribution is 2.13. The first-order valence-electron chi connectivity index (χ1n) is 9.67. The van der Waals surface area contributed by atoms with Gasteiger partial charge < -0.3 is 15.5 Å². The summed E-state index contributed by atoms with van der Waals surface area (Å²) in [5.41, 5.74) is 0.969. The fraction of sp³-hybridized carbons (Fsp3) is 0.632. The average molecular weight is 396 g/mol. The molecular weight excluding hydrogens is 362 g/mol. The van der Waals surface area contributed by atoms with E-state index >= 15 is 0 Å². The Morgan fingerprint density at radius 2 is 1.85 bits per heavy atom. The summed E-state index contributed by atoms with van der Waals surface area (Å²) in [5.74, 6) is 0.812. The van der Waals surface area contributed by atoms with Crippen molar-refractivity contribution in [1.82, 2.24) is 20.3 Å². The van der Waals surface area contributed by atoms with Crippen molar-refractivity contribution < 1.29 is 8.42 Å². The summed E-state index contributed by atoms with van der Waals surface area (Å²) in [5, 5.41) is 6.84. The molecule has 27 heavy (non-hydrogen) atoms. The van der Waals surface area contributed by atoms with Crippen LogP contribution < -0.4 is 15.4 Å². The molecule has 0 unspecified atom stereocenters. The molecule has 1 saturated heterocycles. The van der Waals surface area contributed by atoms with Crippen LogP contribution in [-0.4, -0.2) is 58.0 Å². The third-order valence-corrected chi connectivity index (χ3v) is 6.30. The van der Waals surface area contributed by atoms with Crippen LogP contribution in [0.25, 0.3) is 0 Å². The van der Waals surface area contributed by atoms with Crippen LogP contribution in [0.4, 0.5) is 0 Å². The quantitative estimate of drug-likeness (QED) is 0.481. The zero-order valence-electron chi connectivity index (χ0n) is 16.8. The lowest BCUT2D eigenvalue weighted by Crippen LogP contribution is -2.49. The lowest BCUT2D eigenvalue weighted by molar-refractivity contribution is 0.167. The third-order valence-electron chi connectivity index (χ3n) is 4.87. The number of rotatable bonds is 7. The molecule has 2 rings (SSSR count). The topological polar surface area (TPSA) is 85.8 Å². The van der Waals surface area contributed by atoms with Gasteiger partial charge in [-0.2, -0.15) is 0 Å². The second-order valence-corrected chi connectivity index (χ2v) is 8.98. The molecule has 0 saturated carbocycles. The maximum atomic E-state index is 11.8. The maximum Gasteiger partial charge on any atom is 0.240 e. The predicted octanol–water partition coefficient (Wildman–Crippen LogP) is 1.52. The van der Waals surface area contributed by atoms with Crippen LogP contribution in [0.3, 0.4) is 0 Å². The van der Waals surface area contributed by atoms with Gasteiger partial charge in [-0.05, 0) is 58.4 Å². The fourth-order valence-electron chi connectivity index (χ4n) is 3.14. The van der Waals surface area contributed by atoms with Gasteiger partial charge in [0, 0.05) is 31.7 Å². The van der Waals surface area contributed by atoms with E-state index in [1.54, 1.807) is 24.3 Å². The monoisotopic (exact) mass is 395 g/mol. The molecule has 0 amide bonds. The second-order valence-electron chi connectivity index (χ2n) is 7.10. The molecule has 0 radical (unpaired) electrons. The van der Waals surface area contributed by atoms with Crippen molar-refractivity contribution in [3.8, 4) is 0 Å². The Kier molecular flexibility index (Phi) is 8.07. The number of sulfonamides is 1. The summed E-state index contributed by atoms with van der Waals surface area (Å²) < 4.78 is 25.9. The Morgan fingerprint density at radius 3 is 2.37 bits per heavy atom. The van der Waals surface area contributed by atoms with Crippen LogP contribution in [0.15, 0.2) is 34.2 Å². The van der Waals surface area contributed by atoms with E-state index in [9.17, 15) is 8.42 Å². The van der Waals surface area contributed by atoms with Crippen LogP contribution in [0.2, 0.25) is 0 Å². The minimum atomic E-state index is -3.40. The van der Waals surface area contributed by atoms with E-state index in [4.69, 9.17) is 0 Å². The van der Waals surface area contributed by atoms with Gasteiger partial charge in [-0.1, -0.05) is 12.1 Å². The van der Waals surface area contributed by atoms with Crippen LogP contribution in [0.1, 0.15) is 39.2 Å². The largest absolute Gasteiger partial charge is 0.357 e. The summed E-state index contributed by atoms with van der Waals surface area (Å²) >= 11 is 0. The van der Waals surface area contributed by atoms with E-state index in [2.05, 4.69) is 46.0 Å². The Hall–Kier alpha value is -1.64. The molecule has 1 aromatic carbocycles. The standard InChI is InChI=1S/C19H33N5O2S/c1-5-21-19(23-17-10-12-24(13-11-17)15(2)3)22-14-16-6-8-18(9-7-16)27(25,26)20-4/h6-9,15,17,20H,5,10-14H2,1-4H3,(H2,21,22,23). The van der Waals surface area contributed by atoms with Crippen molar-refractivity contribution in [2.75, 3.05) is 26.7 Å². The third kappa shape index (κ3) is 6.48. The first kappa shape index (κ1) is 21.7. The molecule has 0 bridgehead atoms. The van der Waals surface area contributed by atoms with Crippen LogP contribution in [0.5, 0.6) is 0 Å². The smallest absolute Gasteiger partial charge is 0.240 e. The summed E-state index contributed by atoms with van der Waals surface area (Å²) in [6, 6.07) is 7.86. The molecule has 0 spiro atoms. The molecule has 7 nitrogen and oxygen atoms in total. The SMILES string of the molecule is CCNC(=NCc1ccc(S(=O)(=O)NC)cc1)NC1CCN(C(C)C)CC1. The Balaban J connectivity index is 1.95. The van der Waals surface area contributed by atoms with Gasteiger partial charge in [-0.3, -0.25) is 0 Å². The molecule has 0 atom stereocenters.